The third kappa shape index (κ3) is 2.89. The second-order valence-electron chi connectivity index (χ2n) is 6.35. The number of pyridine rings is 2. The van der Waals surface area contributed by atoms with E-state index in [0.717, 1.165) is 22.2 Å². The second-order valence-corrected chi connectivity index (χ2v) is 6.35. The SMILES string of the molecule is CCOc1ncccc1-c1cc2cc(NC(=O)C3CC3F)ncc2n1C. The molecule has 3 heterocycles. The van der Waals surface area contributed by atoms with E-state index in [1.807, 2.05) is 36.7 Å². The summed E-state index contributed by atoms with van der Waals surface area (Å²) in [6, 6.07) is 7.61. The number of fused-ring (bicyclic) bond motifs is 1. The highest BCUT2D eigenvalue weighted by Gasteiger charge is 2.43. The molecule has 0 spiro atoms. The molecule has 0 bridgehead atoms. The molecule has 0 saturated heterocycles. The van der Waals surface area contributed by atoms with Gasteiger partial charge in [0.1, 0.15) is 12.0 Å². The molecule has 1 aliphatic carbocycles. The van der Waals surface area contributed by atoms with Gasteiger partial charge < -0.3 is 14.6 Å². The Hall–Kier alpha value is -2.96. The van der Waals surface area contributed by atoms with Crippen molar-refractivity contribution in [2.45, 2.75) is 19.5 Å². The van der Waals surface area contributed by atoms with Gasteiger partial charge in [-0.25, -0.2) is 14.4 Å². The van der Waals surface area contributed by atoms with Crippen molar-refractivity contribution in [3.63, 3.8) is 0 Å². The lowest BCUT2D eigenvalue weighted by molar-refractivity contribution is -0.117. The summed E-state index contributed by atoms with van der Waals surface area (Å²) in [4.78, 5) is 20.5. The van der Waals surface area contributed by atoms with E-state index in [0.29, 0.717) is 24.7 Å². The predicted molar refractivity (Wildman–Crippen MR) is 96.7 cm³/mol. The largest absolute Gasteiger partial charge is 0.477 e. The smallest absolute Gasteiger partial charge is 0.231 e. The molecular weight excluding hydrogens is 335 g/mol. The highest BCUT2D eigenvalue weighted by atomic mass is 19.1. The van der Waals surface area contributed by atoms with Crippen molar-refractivity contribution >= 4 is 22.6 Å². The number of hydrogen-bond donors (Lipinski definition) is 1. The molecule has 3 aromatic heterocycles. The van der Waals surface area contributed by atoms with Gasteiger partial charge in [-0.1, -0.05) is 0 Å². The molecular formula is C19H19FN4O2. The van der Waals surface area contributed by atoms with Crippen LogP contribution < -0.4 is 10.1 Å². The summed E-state index contributed by atoms with van der Waals surface area (Å²) in [5.74, 6) is 0.148. The molecule has 0 aromatic carbocycles. The van der Waals surface area contributed by atoms with Crippen LogP contribution in [-0.4, -0.2) is 33.2 Å². The molecule has 3 aromatic rings. The Kier molecular flexibility index (Phi) is 4.06. The molecule has 134 valence electrons. The lowest BCUT2D eigenvalue weighted by Gasteiger charge is -2.09. The lowest BCUT2D eigenvalue weighted by Crippen LogP contribution is -2.15. The Morgan fingerprint density at radius 3 is 2.96 bits per heavy atom. The monoisotopic (exact) mass is 354 g/mol. The molecule has 1 N–H and O–H groups in total. The van der Waals surface area contributed by atoms with Crippen molar-refractivity contribution in [2.75, 3.05) is 11.9 Å². The summed E-state index contributed by atoms with van der Waals surface area (Å²) in [5.41, 5.74) is 2.74. The van der Waals surface area contributed by atoms with Crippen molar-refractivity contribution in [1.29, 1.82) is 0 Å². The summed E-state index contributed by atoms with van der Waals surface area (Å²) < 4.78 is 20.7. The fourth-order valence-corrected chi connectivity index (χ4v) is 3.05. The van der Waals surface area contributed by atoms with Gasteiger partial charge in [0.15, 0.2) is 0 Å². The van der Waals surface area contributed by atoms with Gasteiger partial charge in [0.05, 0.1) is 35.5 Å². The number of aromatic nitrogens is 3. The minimum absolute atomic E-state index is 0.296. The third-order valence-corrected chi connectivity index (χ3v) is 4.56. The van der Waals surface area contributed by atoms with Gasteiger partial charge in [0.2, 0.25) is 11.8 Å². The average molecular weight is 354 g/mol. The van der Waals surface area contributed by atoms with E-state index < -0.39 is 12.1 Å². The zero-order valence-corrected chi connectivity index (χ0v) is 14.6. The normalized spacial score (nSPS) is 18.7. The van der Waals surface area contributed by atoms with Gasteiger partial charge in [0, 0.05) is 18.6 Å². The Bertz CT molecular complexity index is 985. The van der Waals surface area contributed by atoms with Crippen LogP contribution in [0.25, 0.3) is 22.2 Å². The predicted octanol–water partition coefficient (Wildman–Crippen LogP) is 3.33. The summed E-state index contributed by atoms with van der Waals surface area (Å²) in [5, 5.41) is 3.61. The van der Waals surface area contributed by atoms with E-state index in [4.69, 9.17) is 4.74 Å². The van der Waals surface area contributed by atoms with Crippen LogP contribution >= 0.6 is 0 Å². The number of carbonyl (C=O) groups is 1. The zero-order valence-electron chi connectivity index (χ0n) is 14.6. The summed E-state index contributed by atoms with van der Waals surface area (Å²) in [6.45, 7) is 2.45. The molecule has 2 unspecified atom stereocenters. The van der Waals surface area contributed by atoms with Crippen LogP contribution in [0.2, 0.25) is 0 Å². The van der Waals surface area contributed by atoms with E-state index in [1.165, 1.54) is 0 Å². The van der Waals surface area contributed by atoms with E-state index in [2.05, 4.69) is 15.3 Å². The molecule has 2 atom stereocenters. The van der Waals surface area contributed by atoms with Crippen LogP contribution in [-0.2, 0) is 11.8 Å². The number of amides is 1. The maximum absolute atomic E-state index is 13.0. The number of nitrogens with zero attached hydrogens (tertiary/aromatic N) is 3. The van der Waals surface area contributed by atoms with Crippen molar-refractivity contribution < 1.29 is 13.9 Å². The van der Waals surface area contributed by atoms with Gasteiger partial charge >= 0.3 is 0 Å². The van der Waals surface area contributed by atoms with E-state index >= 15 is 0 Å². The first kappa shape index (κ1) is 16.5. The number of halogens is 1. The van der Waals surface area contributed by atoms with Crippen molar-refractivity contribution in [3.8, 4) is 17.1 Å². The number of alkyl halides is 1. The Morgan fingerprint density at radius 2 is 2.23 bits per heavy atom. The highest BCUT2D eigenvalue weighted by molar-refractivity contribution is 5.96. The number of anilines is 1. The van der Waals surface area contributed by atoms with Gasteiger partial charge in [-0.05, 0) is 37.6 Å². The summed E-state index contributed by atoms with van der Waals surface area (Å²) >= 11 is 0. The highest BCUT2D eigenvalue weighted by Crippen LogP contribution is 2.35. The number of nitrogens with one attached hydrogen (secondary N) is 1. The first-order valence-corrected chi connectivity index (χ1v) is 8.57. The molecule has 1 fully saturated rings. The van der Waals surface area contributed by atoms with Gasteiger partial charge in [-0.2, -0.15) is 0 Å². The minimum Gasteiger partial charge on any atom is -0.477 e. The Morgan fingerprint density at radius 1 is 1.42 bits per heavy atom. The maximum Gasteiger partial charge on any atom is 0.231 e. The van der Waals surface area contributed by atoms with Crippen molar-refractivity contribution in [1.82, 2.24) is 14.5 Å². The van der Waals surface area contributed by atoms with Crippen LogP contribution in [0, 0.1) is 5.92 Å². The molecule has 0 aliphatic heterocycles. The number of hydrogen-bond acceptors (Lipinski definition) is 4. The van der Waals surface area contributed by atoms with Gasteiger partial charge in [-0.3, -0.25) is 4.79 Å². The molecule has 1 amide bonds. The first-order chi connectivity index (χ1) is 12.6. The van der Waals surface area contributed by atoms with Crippen LogP contribution in [0.3, 0.4) is 0 Å². The van der Waals surface area contributed by atoms with Crippen LogP contribution in [0.15, 0.2) is 36.7 Å². The molecule has 1 aliphatic rings. The molecule has 26 heavy (non-hydrogen) atoms. The maximum atomic E-state index is 13.0. The number of aryl methyl sites for hydroxylation is 1. The molecule has 1 saturated carbocycles. The first-order valence-electron chi connectivity index (χ1n) is 8.57. The van der Waals surface area contributed by atoms with E-state index in [-0.39, 0.29) is 5.91 Å². The topological polar surface area (TPSA) is 69.0 Å². The van der Waals surface area contributed by atoms with Crippen LogP contribution in [0.1, 0.15) is 13.3 Å². The third-order valence-electron chi connectivity index (χ3n) is 4.56. The quantitative estimate of drug-likeness (QED) is 0.763. The molecule has 6 nitrogen and oxygen atoms in total. The Balaban J connectivity index is 1.69. The van der Waals surface area contributed by atoms with Crippen molar-refractivity contribution in [2.24, 2.45) is 13.0 Å². The number of carbonyl (C=O) groups excluding carboxylic acids is 1. The van der Waals surface area contributed by atoms with Gasteiger partial charge in [-0.15, -0.1) is 0 Å². The Labute approximate surface area is 150 Å². The standard InChI is InChI=1S/C19H19FN4O2/c1-3-26-19-12(5-4-6-21-19)15-7-11-8-17(22-10-16(11)24(15)2)23-18(25)13-9-14(13)20/h4-8,10,13-14H,3,9H2,1-2H3,(H,22,23,25). The molecule has 0 radical (unpaired) electrons. The lowest BCUT2D eigenvalue weighted by atomic mass is 10.2. The van der Waals surface area contributed by atoms with Crippen molar-refractivity contribution in [3.05, 3.63) is 36.7 Å². The number of ether oxygens (including phenoxy) is 1. The van der Waals surface area contributed by atoms with E-state index in [9.17, 15) is 9.18 Å². The minimum atomic E-state index is -1.02. The van der Waals surface area contributed by atoms with Gasteiger partial charge in [0.25, 0.3) is 0 Å². The summed E-state index contributed by atoms with van der Waals surface area (Å²) in [7, 11) is 1.94. The molecule has 4 rings (SSSR count). The average Bonchev–Trinajstić information content (AvgIpc) is 3.28. The van der Waals surface area contributed by atoms with Crippen LogP contribution in [0.4, 0.5) is 10.2 Å². The zero-order chi connectivity index (χ0) is 18.3. The second kappa shape index (κ2) is 6.40. The number of rotatable bonds is 5. The summed E-state index contributed by atoms with van der Waals surface area (Å²) in [6.07, 6.45) is 2.67. The van der Waals surface area contributed by atoms with E-state index in [1.54, 1.807) is 18.5 Å². The fraction of sp³-hybridized carbons (Fsp3) is 0.316. The molecule has 7 heteroatoms. The van der Waals surface area contributed by atoms with Crippen LogP contribution in [0.5, 0.6) is 5.88 Å². The fourth-order valence-electron chi connectivity index (χ4n) is 3.05.